The molecule has 0 aliphatic carbocycles. The van der Waals surface area contributed by atoms with E-state index in [0.717, 1.165) is 19.3 Å². The first-order valence-corrected chi connectivity index (χ1v) is 12.4. The monoisotopic (exact) mass is 456 g/mol. The summed E-state index contributed by atoms with van der Waals surface area (Å²) in [5.74, 6) is -2.80. The predicted octanol–water partition coefficient (Wildman–Crippen LogP) is 5.48. The molecule has 0 aromatic carbocycles. The Morgan fingerprint density at radius 1 is 0.562 bits per heavy atom. The van der Waals surface area contributed by atoms with Gasteiger partial charge in [-0.2, -0.15) is 0 Å². The minimum absolute atomic E-state index is 0.0749. The lowest BCUT2D eigenvalue weighted by Crippen LogP contribution is -2.52. The third-order valence-electron chi connectivity index (χ3n) is 6.14. The van der Waals surface area contributed by atoms with E-state index in [1.165, 1.54) is 57.8 Å². The maximum atomic E-state index is 11.1. The van der Waals surface area contributed by atoms with Gasteiger partial charge in [0.25, 0.3) is 0 Å². The molecule has 0 fully saturated rings. The molecule has 32 heavy (non-hydrogen) atoms. The molecule has 0 aliphatic rings. The van der Waals surface area contributed by atoms with Crippen molar-refractivity contribution in [2.24, 2.45) is 0 Å². The molecule has 0 atom stereocenters. The van der Waals surface area contributed by atoms with Crippen LogP contribution in [0.2, 0.25) is 0 Å². The maximum absolute atomic E-state index is 11.1. The molecule has 0 saturated carbocycles. The van der Waals surface area contributed by atoms with Crippen molar-refractivity contribution in [3.8, 4) is 0 Å². The van der Waals surface area contributed by atoms with E-state index in [9.17, 15) is 14.4 Å². The molecule has 0 rings (SSSR count). The molecular formula is C25H46NO6+. The topological polar surface area (TPSA) is 112 Å². The SMILES string of the molecule is C/C=C/CCCCCCCCCCCCC[N+](CCC(=O)O)(CCC(=O)O)CCC(=O)O. The fraction of sp³-hybridized carbons (Fsp3) is 0.800. The minimum atomic E-state index is -0.934. The first-order valence-electron chi connectivity index (χ1n) is 12.4. The summed E-state index contributed by atoms with van der Waals surface area (Å²) in [6.07, 6.45) is 18.5. The second kappa shape index (κ2) is 19.8. The molecule has 186 valence electrons. The zero-order valence-corrected chi connectivity index (χ0v) is 20.1. The quantitative estimate of drug-likeness (QED) is 0.107. The Hall–Kier alpha value is -1.89. The zero-order valence-electron chi connectivity index (χ0n) is 20.1. The molecule has 0 radical (unpaired) electrons. The van der Waals surface area contributed by atoms with E-state index in [4.69, 9.17) is 15.3 Å². The smallest absolute Gasteiger partial charge is 0.309 e. The minimum Gasteiger partial charge on any atom is -0.481 e. The molecule has 0 bridgehead atoms. The Labute approximate surface area is 194 Å². The normalized spacial score (nSPS) is 11.8. The summed E-state index contributed by atoms with van der Waals surface area (Å²) in [6, 6.07) is 0. The lowest BCUT2D eigenvalue weighted by molar-refractivity contribution is -0.927. The average molecular weight is 457 g/mol. The van der Waals surface area contributed by atoms with Crippen molar-refractivity contribution in [2.45, 2.75) is 103 Å². The largest absolute Gasteiger partial charge is 0.481 e. The molecular weight excluding hydrogens is 410 g/mol. The second-order valence-electron chi connectivity index (χ2n) is 8.91. The molecule has 0 aromatic heterocycles. The molecule has 0 aromatic rings. The van der Waals surface area contributed by atoms with Crippen molar-refractivity contribution in [3.63, 3.8) is 0 Å². The van der Waals surface area contributed by atoms with Crippen LogP contribution in [0.3, 0.4) is 0 Å². The number of rotatable bonds is 23. The van der Waals surface area contributed by atoms with Crippen molar-refractivity contribution in [2.75, 3.05) is 26.2 Å². The number of hydrogen-bond donors (Lipinski definition) is 3. The second-order valence-corrected chi connectivity index (χ2v) is 8.91. The van der Waals surface area contributed by atoms with Gasteiger partial charge in [0.05, 0.1) is 45.4 Å². The molecule has 0 heterocycles. The number of carboxylic acid groups (broad SMARTS) is 3. The third-order valence-corrected chi connectivity index (χ3v) is 6.14. The number of allylic oxidation sites excluding steroid dienone is 2. The number of hydrogen-bond acceptors (Lipinski definition) is 3. The van der Waals surface area contributed by atoms with Crippen molar-refractivity contribution in [3.05, 3.63) is 12.2 Å². The number of carbonyl (C=O) groups is 3. The summed E-state index contributed by atoms with van der Waals surface area (Å²) in [6.45, 7) is 3.55. The van der Waals surface area contributed by atoms with Gasteiger partial charge in [-0.05, 0) is 32.6 Å². The summed E-state index contributed by atoms with van der Waals surface area (Å²) in [4.78, 5) is 33.2. The molecule has 7 nitrogen and oxygen atoms in total. The highest BCUT2D eigenvalue weighted by Gasteiger charge is 2.29. The van der Waals surface area contributed by atoms with Crippen LogP contribution in [0, 0.1) is 0 Å². The van der Waals surface area contributed by atoms with Gasteiger partial charge in [-0.25, -0.2) is 0 Å². The Bertz CT molecular complexity index is 501. The Morgan fingerprint density at radius 2 is 0.906 bits per heavy atom. The van der Waals surface area contributed by atoms with E-state index in [0.29, 0.717) is 6.54 Å². The summed E-state index contributed by atoms with van der Waals surface area (Å²) in [5.41, 5.74) is 0. The maximum Gasteiger partial charge on any atom is 0.309 e. The Kier molecular flexibility index (Phi) is 18.6. The number of nitrogens with zero attached hydrogens (tertiary/aromatic N) is 1. The predicted molar refractivity (Wildman–Crippen MR) is 127 cm³/mol. The van der Waals surface area contributed by atoms with E-state index in [1.807, 2.05) is 0 Å². The molecule has 0 spiro atoms. The van der Waals surface area contributed by atoms with Crippen LogP contribution < -0.4 is 0 Å². The van der Waals surface area contributed by atoms with Crippen LogP contribution in [-0.4, -0.2) is 63.9 Å². The lowest BCUT2D eigenvalue weighted by Gasteiger charge is -2.38. The van der Waals surface area contributed by atoms with Crippen molar-refractivity contribution < 1.29 is 34.2 Å². The molecule has 3 N–H and O–H groups in total. The summed E-state index contributed by atoms with van der Waals surface area (Å²) in [5, 5.41) is 27.2. The number of carboxylic acids is 3. The number of unbranched alkanes of at least 4 members (excludes halogenated alkanes) is 11. The van der Waals surface area contributed by atoms with E-state index in [2.05, 4.69) is 19.1 Å². The molecule has 0 aliphatic heterocycles. The molecule has 0 unspecified atom stereocenters. The standard InChI is InChI=1S/C25H45NO6/c1-2-3-4-5-6-7-8-9-10-11-12-13-14-15-19-26(20-16-23(27)28,21-17-24(29)30)22-18-25(31)32/h2-3H,4-22H2,1H3,(H2-,27,28,29,30,31,32)/p+1/b3-2+. The van der Waals surface area contributed by atoms with Gasteiger partial charge in [-0.15, -0.1) is 0 Å². The van der Waals surface area contributed by atoms with Gasteiger partial charge in [0, 0.05) is 0 Å². The van der Waals surface area contributed by atoms with E-state index in [-0.39, 0.29) is 43.4 Å². The highest BCUT2D eigenvalue weighted by atomic mass is 16.4. The third kappa shape index (κ3) is 18.8. The van der Waals surface area contributed by atoms with Crippen LogP contribution in [0.1, 0.15) is 103 Å². The summed E-state index contributed by atoms with van der Waals surface area (Å²) < 4.78 is 0.263. The molecule has 7 heteroatoms. The fourth-order valence-corrected chi connectivity index (χ4v) is 4.14. The summed E-state index contributed by atoms with van der Waals surface area (Å²) in [7, 11) is 0. The van der Waals surface area contributed by atoms with Crippen molar-refractivity contribution in [1.29, 1.82) is 0 Å². The van der Waals surface area contributed by atoms with Gasteiger partial charge >= 0.3 is 17.9 Å². The van der Waals surface area contributed by atoms with Crippen LogP contribution in [0.5, 0.6) is 0 Å². The van der Waals surface area contributed by atoms with Crippen LogP contribution >= 0.6 is 0 Å². The highest BCUT2D eigenvalue weighted by Crippen LogP contribution is 2.17. The molecule has 0 amide bonds. The van der Waals surface area contributed by atoms with Crippen molar-refractivity contribution in [1.82, 2.24) is 0 Å². The van der Waals surface area contributed by atoms with Gasteiger partial charge in [-0.1, -0.05) is 63.5 Å². The van der Waals surface area contributed by atoms with Gasteiger partial charge < -0.3 is 19.8 Å². The van der Waals surface area contributed by atoms with Crippen LogP contribution in [-0.2, 0) is 14.4 Å². The van der Waals surface area contributed by atoms with E-state index < -0.39 is 17.9 Å². The van der Waals surface area contributed by atoms with Gasteiger partial charge in [-0.3, -0.25) is 14.4 Å². The Morgan fingerprint density at radius 3 is 1.25 bits per heavy atom. The van der Waals surface area contributed by atoms with E-state index >= 15 is 0 Å². The van der Waals surface area contributed by atoms with E-state index in [1.54, 1.807) is 0 Å². The Balaban J connectivity index is 4.18. The van der Waals surface area contributed by atoms with Crippen LogP contribution in [0.15, 0.2) is 12.2 Å². The number of aliphatic carboxylic acids is 3. The van der Waals surface area contributed by atoms with Gasteiger partial charge in [0.1, 0.15) is 0 Å². The first-order chi connectivity index (χ1) is 15.3. The highest BCUT2D eigenvalue weighted by molar-refractivity contribution is 5.67. The lowest BCUT2D eigenvalue weighted by atomic mass is 10.0. The van der Waals surface area contributed by atoms with Crippen LogP contribution in [0.4, 0.5) is 0 Å². The fourth-order valence-electron chi connectivity index (χ4n) is 4.14. The first kappa shape index (κ1) is 30.1. The summed E-state index contributed by atoms with van der Waals surface area (Å²) >= 11 is 0. The van der Waals surface area contributed by atoms with Crippen LogP contribution in [0.25, 0.3) is 0 Å². The van der Waals surface area contributed by atoms with Crippen molar-refractivity contribution >= 4 is 17.9 Å². The molecule has 0 saturated heterocycles. The average Bonchev–Trinajstić information content (AvgIpc) is 2.74. The van der Waals surface area contributed by atoms with Gasteiger partial charge in [0.15, 0.2) is 0 Å². The zero-order chi connectivity index (χ0) is 24.1. The number of quaternary nitrogens is 1. The van der Waals surface area contributed by atoms with Gasteiger partial charge in [0.2, 0.25) is 0 Å².